The van der Waals surface area contributed by atoms with Gasteiger partial charge in [0, 0.05) is 24.6 Å². The standard InChI is InChI=1S/C19H21FN2O2S2/c20-15-9-5-4-6-13(15)12-16-18(24)22(19(25)26-16)11-10-17(23)21-14-7-2-1-3-8-14/h4-6,9,12,14H,1-3,7-8,10-11H2,(H,21,23). The molecule has 1 aliphatic heterocycles. The molecule has 0 aromatic heterocycles. The second-order valence-electron chi connectivity index (χ2n) is 6.51. The summed E-state index contributed by atoms with van der Waals surface area (Å²) in [6.45, 7) is 0.248. The van der Waals surface area contributed by atoms with Crippen LogP contribution in [0.15, 0.2) is 29.2 Å². The zero-order chi connectivity index (χ0) is 18.5. The van der Waals surface area contributed by atoms with Crippen LogP contribution in [0.4, 0.5) is 4.39 Å². The van der Waals surface area contributed by atoms with Crippen LogP contribution in [-0.2, 0) is 9.59 Å². The molecule has 2 fully saturated rings. The van der Waals surface area contributed by atoms with Crippen LogP contribution in [0.2, 0.25) is 0 Å². The van der Waals surface area contributed by atoms with Gasteiger partial charge in [-0.25, -0.2) is 4.39 Å². The summed E-state index contributed by atoms with van der Waals surface area (Å²) < 4.78 is 14.2. The van der Waals surface area contributed by atoms with Crippen LogP contribution in [0.25, 0.3) is 6.08 Å². The Labute approximate surface area is 162 Å². The molecule has 2 amide bonds. The number of benzene rings is 1. The Hall–Kier alpha value is -1.73. The number of amides is 2. The van der Waals surface area contributed by atoms with Crippen LogP contribution < -0.4 is 5.32 Å². The number of nitrogens with zero attached hydrogens (tertiary/aromatic N) is 1. The minimum Gasteiger partial charge on any atom is -0.353 e. The molecular formula is C19H21FN2O2S2. The van der Waals surface area contributed by atoms with Gasteiger partial charge in [-0.2, -0.15) is 0 Å². The van der Waals surface area contributed by atoms with Crippen molar-refractivity contribution in [1.29, 1.82) is 0 Å². The van der Waals surface area contributed by atoms with Gasteiger partial charge < -0.3 is 5.32 Å². The maximum absolute atomic E-state index is 13.8. The van der Waals surface area contributed by atoms with Crippen molar-refractivity contribution in [2.75, 3.05) is 6.54 Å². The number of nitrogens with one attached hydrogen (secondary N) is 1. The van der Waals surface area contributed by atoms with Gasteiger partial charge in [-0.3, -0.25) is 14.5 Å². The molecule has 1 aromatic carbocycles. The summed E-state index contributed by atoms with van der Waals surface area (Å²) >= 11 is 6.40. The SMILES string of the molecule is O=C(CCN1C(=O)C(=Cc2ccccc2F)SC1=S)NC1CCCCC1. The number of carbonyl (C=O) groups excluding carboxylic acids is 2. The second-order valence-corrected chi connectivity index (χ2v) is 8.18. The highest BCUT2D eigenvalue weighted by molar-refractivity contribution is 8.26. The van der Waals surface area contributed by atoms with Gasteiger partial charge in [-0.1, -0.05) is 61.4 Å². The Kier molecular flexibility index (Phi) is 6.43. The Morgan fingerprint density at radius 1 is 1.31 bits per heavy atom. The molecule has 1 N–H and O–H groups in total. The third-order valence-corrected chi connectivity index (χ3v) is 5.98. The highest BCUT2D eigenvalue weighted by atomic mass is 32.2. The van der Waals surface area contributed by atoms with Gasteiger partial charge in [-0.05, 0) is 25.0 Å². The Morgan fingerprint density at radius 3 is 2.77 bits per heavy atom. The van der Waals surface area contributed by atoms with Gasteiger partial charge in [0.15, 0.2) is 0 Å². The van der Waals surface area contributed by atoms with E-state index in [0.717, 1.165) is 37.4 Å². The molecule has 1 heterocycles. The highest BCUT2D eigenvalue weighted by Crippen LogP contribution is 2.33. The van der Waals surface area contributed by atoms with Crippen molar-refractivity contribution in [3.05, 3.63) is 40.6 Å². The molecule has 1 saturated heterocycles. The first kappa shape index (κ1) is 19.0. The summed E-state index contributed by atoms with van der Waals surface area (Å²) in [4.78, 5) is 26.5. The summed E-state index contributed by atoms with van der Waals surface area (Å²) in [5, 5.41) is 3.04. The second kappa shape index (κ2) is 8.77. The van der Waals surface area contributed by atoms with Crippen molar-refractivity contribution in [3.63, 3.8) is 0 Å². The van der Waals surface area contributed by atoms with Crippen molar-refractivity contribution in [2.45, 2.75) is 44.6 Å². The predicted octanol–water partition coefficient (Wildman–Crippen LogP) is 3.87. The zero-order valence-electron chi connectivity index (χ0n) is 14.4. The molecule has 138 valence electrons. The van der Waals surface area contributed by atoms with Crippen LogP contribution in [-0.4, -0.2) is 33.6 Å². The van der Waals surface area contributed by atoms with E-state index in [1.165, 1.54) is 23.5 Å². The molecule has 1 saturated carbocycles. The first-order chi connectivity index (χ1) is 12.5. The molecule has 0 unspecified atom stereocenters. The van der Waals surface area contributed by atoms with Crippen LogP contribution in [0, 0.1) is 5.82 Å². The van der Waals surface area contributed by atoms with E-state index in [9.17, 15) is 14.0 Å². The van der Waals surface area contributed by atoms with Crippen molar-refractivity contribution < 1.29 is 14.0 Å². The first-order valence-corrected chi connectivity index (χ1v) is 10.1. The number of halogens is 1. The van der Waals surface area contributed by atoms with E-state index in [2.05, 4.69) is 5.32 Å². The fourth-order valence-corrected chi connectivity index (χ4v) is 4.49. The van der Waals surface area contributed by atoms with E-state index in [4.69, 9.17) is 12.2 Å². The highest BCUT2D eigenvalue weighted by Gasteiger charge is 2.32. The van der Waals surface area contributed by atoms with E-state index in [1.807, 2.05) is 0 Å². The molecule has 0 bridgehead atoms. The normalized spacial score (nSPS) is 20.0. The fourth-order valence-electron chi connectivity index (χ4n) is 3.19. The summed E-state index contributed by atoms with van der Waals surface area (Å²) in [6.07, 6.45) is 7.32. The fraction of sp³-hybridized carbons (Fsp3) is 0.421. The monoisotopic (exact) mass is 392 g/mol. The van der Waals surface area contributed by atoms with Crippen molar-refractivity contribution in [3.8, 4) is 0 Å². The van der Waals surface area contributed by atoms with E-state index in [0.29, 0.717) is 14.8 Å². The lowest BCUT2D eigenvalue weighted by atomic mass is 9.95. The van der Waals surface area contributed by atoms with Crippen LogP contribution in [0.5, 0.6) is 0 Å². The van der Waals surface area contributed by atoms with Gasteiger partial charge in [0.1, 0.15) is 10.1 Å². The van der Waals surface area contributed by atoms with Gasteiger partial charge in [-0.15, -0.1) is 0 Å². The molecule has 1 aromatic rings. The van der Waals surface area contributed by atoms with Gasteiger partial charge in [0.25, 0.3) is 5.91 Å². The van der Waals surface area contributed by atoms with E-state index in [-0.39, 0.29) is 36.6 Å². The lowest BCUT2D eigenvalue weighted by Gasteiger charge is -2.23. The molecule has 4 nitrogen and oxygen atoms in total. The summed E-state index contributed by atoms with van der Waals surface area (Å²) in [5.74, 6) is -0.706. The minimum absolute atomic E-state index is 0.0518. The third kappa shape index (κ3) is 4.71. The molecule has 0 spiro atoms. The lowest BCUT2D eigenvalue weighted by molar-refractivity contribution is -0.124. The zero-order valence-corrected chi connectivity index (χ0v) is 16.0. The molecule has 1 aliphatic carbocycles. The Morgan fingerprint density at radius 2 is 2.04 bits per heavy atom. The topological polar surface area (TPSA) is 49.4 Å². The number of rotatable bonds is 5. The summed E-state index contributed by atoms with van der Waals surface area (Å²) in [5.41, 5.74) is 0.350. The minimum atomic E-state index is -0.385. The predicted molar refractivity (Wildman–Crippen MR) is 106 cm³/mol. The summed E-state index contributed by atoms with van der Waals surface area (Å²) in [6, 6.07) is 6.53. The molecule has 0 radical (unpaired) electrons. The molecule has 3 rings (SSSR count). The Bertz CT molecular complexity index is 745. The lowest BCUT2D eigenvalue weighted by Crippen LogP contribution is -2.39. The molecule has 0 atom stereocenters. The van der Waals surface area contributed by atoms with E-state index < -0.39 is 0 Å². The van der Waals surface area contributed by atoms with Crippen molar-refractivity contribution >= 4 is 46.2 Å². The van der Waals surface area contributed by atoms with Gasteiger partial charge >= 0.3 is 0 Å². The Balaban J connectivity index is 1.57. The molecular weight excluding hydrogens is 371 g/mol. The molecule has 7 heteroatoms. The van der Waals surface area contributed by atoms with Crippen LogP contribution in [0.3, 0.4) is 0 Å². The number of thiocarbonyl (C=S) groups is 1. The average molecular weight is 393 g/mol. The van der Waals surface area contributed by atoms with Crippen LogP contribution >= 0.6 is 24.0 Å². The number of carbonyl (C=O) groups is 2. The maximum atomic E-state index is 13.8. The van der Waals surface area contributed by atoms with Crippen molar-refractivity contribution in [1.82, 2.24) is 10.2 Å². The van der Waals surface area contributed by atoms with E-state index >= 15 is 0 Å². The molecule has 2 aliphatic rings. The smallest absolute Gasteiger partial charge is 0.266 e. The summed E-state index contributed by atoms with van der Waals surface area (Å²) in [7, 11) is 0. The first-order valence-electron chi connectivity index (χ1n) is 8.84. The van der Waals surface area contributed by atoms with Gasteiger partial charge in [0.05, 0.1) is 4.91 Å². The largest absolute Gasteiger partial charge is 0.353 e. The number of hydrogen-bond donors (Lipinski definition) is 1. The quantitative estimate of drug-likeness (QED) is 0.611. The number of thioether (sulfide) groups is 1. The van der Waals surface area contributed by atoms with E-state index in [1.54, 1.807) is 18.2 Å². The van der Waals surface area contributed by atoms with Crippen molar-refractivity contribution in [2.24, 2.45) is 0 Å². The maximum Gasteiger partial charge on any atom is 0.266 e. The van der Waals surface area contributed by atoms with Crippen LogP contribution in [0.1, 0.15) is 44.1 Å². The average Bonchev–Trinajstić information content (AvgIpc) is 2.89. The molecule has 26 heavy (non-hydrogen) atoms. The van der Waals surface area contributed by atoms with Gasteiger partial charge in [0.2, 0.25) is 5.91 Å². The third-order valence-electron chi connectivity index (χ3n) is 4.60. The number of hydrogen-bond acceptors (Lipinski definition) is 4.